The smallest absolute Gasteiger partial charge is 0.176 e. The summed E-state index contributed by atoms with van der Waals surface area (Å²) in [6, 6.07) is 8.08. The Kier molecular flexibility index (Phi) is 3.52. The van der Waals surface area contributed by atoms with Crippen LogP contribution in [0.5, 0.6) is 0 Å². The van der Waals surface area contributed by atoms with Crippen molar-refractivity contribution in [2.24, 2.45) is 0 Å². The van der Waals surface area contributed by atoms with Gasteiger partial charge in [0, 0.05) is 34.9 Å². The predicted octanol–water partition coefficient (Wildman–Crippen LogP) is 3.56. The van der Waals surface area contributed by atoms with Crippen molar-refractivity contribution >= 4 is 17.0 Å². The molecule has 0 aliphatic carbocycles. The topological polar surface area (TPSA) is 42.7 Å². The van der Waals surface area contributed by atoms with Gasteiger partial charge in [-0.15, -0.1) is 11.3 Å². The summed E-state index contributed by atoms with van der Waals surface area (Å²) in [7, 11) is 0. The molecule has 20 heavy (non-hydrogen) atoms. The quantitative estimate of drug-likeness (QED) is 0.796. The predicted molar refractivity (Wildman–Crippen MR) is 82.5 cm³/mol. The van der Waals surface area contributed by atoms with Crippen LogP contribution in [0, 0.1) is 13.8 Å². The van der Waals surface area contributed by atoms with E-state index in [4.69, 9.17) is 0 Å². The lowest BCUT2D eigenvalue weighted by atomic mass is 10.2. The van der Waals surface area contributed by atoms with Crippen LogP contribution >= 0.6 is 11.3 Å². The summed E-state index contributed by atoms with van der Waals surface area (Å²) in [5.41, 5.74) is 2.32. The molecule has 0 radical (unpaired) electrons. The van der Waals surface area contributed by atoms with Crippen LogP contribution < -0.4 is 5.32 Å². The molecule has 0 saturated heterocycles. The zero-order valence-corrected chi connectivity index (χ0v) is 12.3. The Hall–Kier alpha value is -2.14. The Balaban J connectivity index is 1.83. The molecule has 0 aromatic carbocycles. The highest BCUT2D eigenvalue weighted by Crippen LogP contribution is 2.23. The highest BCUT2D eigenvalue weighted by Gasteiger charge is 2.07. The van der Waals surface area contributed by atoms with E-state index in [1.807, 2.05) is 35.7 Å². The first-order valence-electron chi connectivity index (χ1n) is 6.49. The van der Waals surface area contributed by atoms with Gasteiger partial charge in [-0.3, -0.25) is 0 Å². The molecule has 0 spiro atoms. The molecule has 0 unspecified atom stereocenters. The Morgan fingerprint density at radius 3 is 2.85 bits per heavy atom. The van der Waals surface area contributed by atoms with Crippen molar-refractivity contribution in [1.29, 1.82) is 0 Å². The minimum atomic E-state index is 0.802. The second-order valence-corrected chi connectivity index (χ2v) is 6.08. The Bertz CT molecular complexity index is 700. The van der Waals surface area contributed by atoms with E-state index < -0.39 is 0 Å². The molecule has 4 nitrogen and oxygen atoms in total. The van der Waals surface area contributed by atoms with Crippen molar-refractivity contribution < 1.29 is 0 Å². The maximum atomic E-state index is 4.40. The molecule has 0 saturated carbocycles. The first-order valence-corrected chi connectivity index (χ1v) is 7.30. The van der Waals surface area contributed by atoms with Gasteiger partial charge in [0.05, 0.1) is 5.69 Å². The van der Waals surface area contributed by atoms with Crippen molar-refractivity contribution in [2.45, 2.75) is 20.4 Å². The molecule has 3 aromatic heterocycles. The number of anilines is 1. The Morgan fingerprint density at radius 1 is 1.25 bits per heavy atom. The lowest BCUT2D eigenvalue weighted by molar-refractivity contribution is 0.846. The van der Waals surface area contributed by atoms with Crippen LogP contribution in [0.15, 0.2) is 42.9 Å². The Labute approximate surface area is 122 Å². The number of thiophene rings is 1. The van der Waals surface area contributed by atoms with E-state index in [1.165, 1.54) is 15.3 Å². The van der Waals surface area contributed by atoms with Gasteiger partial charge in [-0.1, -0.05) is 0 Å². The monoisotopic (exact) mass is 284 g/mol. The number of aromatic nitrogens is 3. The van der Waals surface area contributed by atoms with Gasteiger partial charge in [-0.05, 0) is 43.7 Å². The van der Waals surface area contributed by atoms with Gasteiger partial charge in [-0.2, -0.15) is 5.10 Å². The first kappa shape index (κ1) is 12.9. The number of nitrogens with one attached hydrogen (secondary N) is 1. The molecule has 3 heterocycles. The molecule has 3 aromatic rings. The largest absolute Gasteiger partial charge is 0.378 e. The van der Waals surface area contributed by atoms with Crippen LogP contribution in [0.1, 0.15) is 15.3 Å². The number of nitrogens with zero attached hydrogens (tertiary/aromatic N) is 3. The minimum Gasteiger partial charge on any atom is -0.378 e. The minimum absolute atomic E-state index is 0.802. The second kappa shape index (κ2) is 5.46. The molecule has 5 heteroatoms. The summed E-state index contributed by atoms with van der Waals surface area (Å²) in [4.78, 5) is 7.11. The van der Waals surface area contributed by atoms with Crippen LogP contribution in [-0.2, 0) is 6.54 Å². The molecule has 0 aliphatic rings. The van der Waals surface area contributed by atoms with Gasteiger partial charge in [0.15, 0.2) is 5.82 Å². The van der Waals surface area contributed by atoms with Crippen LogP contribution in [0.3, 0.4) is 0 Å². The zero-order chi connectivity index (χ0) is 13.9. The molecular weight excluding hydrogens is 268 g/mol. The van der Waals surface area contributed by atoms with Crippen LogP contribution in [0.4, 0.5) is 5.69 Å². The maximum Gasteiger partial charge on any atom is 0.176 e. The molecule has 0 atom stereocenters. The summed E-state index contributed by atoms with van der Waals surface area (Å²) in [6.45, 7) is 5.10. The molecule has 0 aliphatic heterocycles. The van der Waals surface area contributed by atoms with E-state index in [1.54, 1.807) is 17.1 Å². The van der Waals surface area contributed by atoms with Crippen molar-refractivity contribution in [3.63, 3.8) is 0 Å². The van der Waals surface area contributed by atoms with E-state index >= 15 is 0 Å². The van der Waals surface area contributed by atoms with Crippen LogP contribution in [-0.4, -0.2) is 14.8 Å². The van der Waals surface area contributed by atoms with Gasteiger partial charge in [-0.25, -0.2) is 9.67 Å². The highest BCUT2D eigenvalue weighted by atomic mass is 32.1. The molecule has 102 valence electrons. The number of rotatable bonds is 4. The molecular formula is C15H16N4S. The third kappa shape index (κ3) is 2.58. The standard InChI is InChI=1S/C15H16N4S/c1-11-9-13(12(2)20-11)10-17-14-5-3-6-16-15(14)19-8-4-7-18-19/h3-9,17H,10H2,1-2H3. The molecule has 0 bridgehead atoms. The number of hydrogen-bond acceptors (Lipinski definition) is 4. The summed E-state index contributed by atoms with van der Waals surface area (Å²) < 4.78 is 1.77. The molecule has 3 rings (SSSR count). The molecule has 0 amide bonds. The summed E-state index contributed by atoms with van der Waals surface area (Å²) >= 11 is 1.83. The number of hydrogen-bond donors (Lipinski definition) is 1. The van der Waals surface area contributed by atoms with E-state index in [0.717, 1.165) is 18.1 Å². The average Bonchev–Trinajstić information content (AvgIpc) is 3.07. The fourth-order valence-corrected chi connectivity index (χ4v) is 3.11. The van der Waals surface area contributed by atoms with Gasteiger partial charge >= 0.3 is 0 Å². The first-order chi connectivity index (χ1) is 9.74. The van der Waals surface area contributed by atoms with E-state index in [-0.39, 0.29) is 0 Å². The lowest BCUT2D eigenvalue weighted by Gasteiger charge is -2.10. The maximum absolute atomic E-state index is 4.40. The average molecular weight is 284 g/mol. The van der Waals surface area contributed by atoms with Crippen molar-refractivity contribution in [3.05, 3.63) is 58.2 Å². The number of aryl methyl sites for hydroxylation is 2. The van der Waals surface area contributed by atoms with Gasteiger partial charge in [0.1, 0.15) is 0 Å². The van der Waals surface area contributed by atoms with Crippen LogP contribution in [0.25, 0.3) is 5.82 Å². The number of pyridine rings is 1. The molecule has 0 fully saturated rings. The second-order valence-electron chi connectivity index (χ2n) is 4.62. The van der Waals surface area contributed by atoms with Crippen LogP contribution in [0.2, 0.25) is 0 Å². The Morgan fingerprint density at radius 2 is 2.15 bits per heavy atom. The van der Waals surface area contributed by atoms with E-state index in [9.17, 15) is 0 Å². The third-order valence-electron chi connectivity index (χ3n) is 3.12. The lowest BCUT2D eigenvalue weighted by Crippen LogP contribution is -2.06. The SMILES string of the molecule is Cc1cc(CNc2cccnc2-n2cccn2)c(C)s1. The zero-order valence-electron chi connectivity index (χ0n) is 11.5. The van der Waals surface area contributed by atoms with Gasteiger partial charge in [0.2, 0.25) is 0 Å². The summed E-state index contributed by atoms with van der Waals surface area (Å²) in [6.07, 6.45) is 5.43. The van der Waals surface area contributed by atoms with Gasteiger partial charge in [0.25, 0.3) is 0 Å². The van der Waals surface area contributed by atoms with Crippen molar-refractivity contribution in [3.8, 4) is 5.82 Å². The fraction of sp³-hybridized carbons (Fsp3) is 0.200. The van der Waals surface area contributed by atoms with Gasteiger partial charge < -0.3 is 5.32 Å². The van der Waals surface area contributed by atoms with Crippen molar-refractivity contribution in [1.82, 2.24) is 14.8 Å². The normalized spacial score (nSPS) is 10.7. The molecule has 1 N–H and O–H groups in total. The van der Waals surface area contributed by atoms with Crippen molar-refractivity contribution in [2.75, 3.05) is 5.32 Å². The fourth-order valence-electron chi connectivity index (χ4n) is 2.16. The summed E-state index contributed by atoms with van der Waals surface area (Å²) in [5.74, 6) is 0.821. The van der Waals surface area contributed by atoms with E-state index in [2.05, 4.69) is 35.3 Å². The summed E-state index contributed by atoms with van der Waals surface area (Å²) in [5, 5.41) is 7.70. The van der Waals surface area contributed by atoms with E-state index in [0.29, 0.717) is 0 Å². The highest BCUT2D eigenvalue weighted by molar-refractivity contribution is 7.12. The third-order valence-corrected chi connectivity index (χ3v) is 4.13.